The molecule has 244 valence electrons. The van der Waals surface area contributed by atoms with E-state index in [0.717, 1.165) is 6.92 Å². The van der Waals surface area contributed by atoms with Crippen molar-refractivity contribution in [3.63, 3.8) is 0 Å². The Balaban J connectivity index is 1.53. The van der Waals surface area contributed by atoms with Crippen LogP contribution < -0.4 is 0 Å². The predicted octanol–water partition coefficient (Wildman–Crippen LogP) is 1.28. The third-order valence-electron chi connectivity index (χ3n) is 12.2. The van der Waals surface area contributed by atoms with Crippen molar-refractivity contribution >= 4 is 35.9 Å². The van der Waals surface area contributed by atoms with Gasteiger partial charge in [-0.25, -0.2) is 4.79 Å². The number of likely N-dealkylation sites (N-methyl/N-ethyl adjacent to an activating group) is 1. The van der Waals surface area contributed by atoms with Crippen LogP contribution in [0.2, 0.25) is 0 Å². The van der Waals surface area contributed by atoms with Crippen molar-refractivity contribution in [1.82, 2.24) is 4.90 Å². The lowest BCUT2D eigenvalue weighted by Gasteiger charge is -2.68. The van der Waals surface area contributed by atoms with Crippen LogP contribution in [0.5, 0.6) is 0 Å². The molecule has 9 rings (SSSR count). The van der Waals surface area contributed by atoms with E-state index >= 15 is 0 Å². The molecule has 46 heavy (non-hydrogen) atoms. The van der Waals surface area contributed by atoms with Crippen molar-refractivity contribution in [3.8, 4) is 0 Å². The summed E-state index contributed by atoms with van der Waals surface area (Å²) in [4.78, 5) is 82.0. The molecule has 0 aromatic heterocycles. The van der Waals surface area contributed by atoms with Crippen molar-refractivity contribution in [2.45, 2.75) is 76.7 Å². The van der Waals surface area contributed by atoms with E-state index in [-0.39, 0.29) is 17.8 Å². The fourth-order valence-electron chi connectivity index (χ4n) is 11.5. The highest BCUT2D eigenvalue weighted by molar-refractivity contribution is 5.94. The molecule has 6 saturated carbocycles. The summed E-state index contributed by atoms with van der Waals surface area (Å²) in [5.41, 5.74) is -3.44. The largest absolute Gasteiger partial charge is 0.461 e. The van der Waals surface area contributed by atoms with Gasteiger partial charge in [0, 0.05) is 61.4 Å². The Labute approximate surface area is 265 Å². The number of hydrogen-bond acceptors (Lipinski definition) is 12. The number of ketones is 1. The summed E-state index contributed by atoms with van der Waals surface area (Å²) in [6.07, 6.45) is -5.69. The lowest BCUT2D eigenvalue weighted by atomic mass is 9.37. The highest BCUT2D eigenvalue weighted by Crippen LogP contribution is 2.84. The maximum atomic E-state index is 14.5. The molecule has 2 spiro atoms. The number of rotatable bonds is 6. The Morgan fingerprint density at radius 1 is 0.935 bits per heavy atom. The zero-order chi connectivity index (χ0) is 33.2. The molecule has 12 heteroatoms. The van der Waals surface area contributed by atoms with E-state index in [1.807, 2.05) is 4.90 Å². The fraction of sp³-hybridized carbons (Fsp3) is 0.588. The molecule has 8 aliphatic rings. The zero-order valence-electron chi connectivity index (χ0n) is 26.2. The predicted molar refractivity (Wildman–Crippen MR) is 155 cm³/mol. The molecule has 1 N–H and O–H groups in total. The summed E-state index contributed by atoms with van der Waals surface area (Å²) in [5.74, 6) is -6.56. The molecule has 6 aliphatic carbocycles. The Hall–Kier alpha value is -3.90. The number of esters is 4. The minimum absolute atomic E-state index is 0.170. The number of aldehydes is 1. The number of Topliss-reactive ketones (excluding diaryl/α,β-unsaturated/α-hetero) is 1. The number of ether oxygens (including phenoxy) is 4. The third kappa shape index (κ3) is 3.41. The van der Waals surface area contributed by atoms with E-state index in [4.69, 9.17) is 18.9 Å². The van der Waals surface area contributed by atoms with Gasteiger partial charge in [0.2, 0.25) is 0 Å². The van der Waals surface area contributed by atoms with E-state index < -0.39 is 106 Å². The molecule has 2 aliphatic heterocycles. The van der Waals surface area contributed by atoms with Gasteiger partial charge >= 0.3 is 23.9 Å². The summed E-state index contributed by atoms with van der Waals surface area (Å²) < 4.78 is 24.2. The summed E-state index contributed by atoms with van der Waals surface area (Å²) >= 11 is 0. The molecular weight excluding hydrogens is 598 g/mol. The van der Waals surface area contributed by atoms with Crippen molar-refractivity contribution in [2.75, 3.05) is 7.05 Å². The van der Waals surface area contributed by atoms with E-state index in [2.05, 4.69) is 6.58 Å². The second kappa shape index (κ2) is 9.80. The van der Waals surface area contributed by atoms with E-state index in [0.29, 0.717) is 11.9 Å². The summed E-state index contributed by atoms with van der Waals surface area (Å²) in [5, 5.41) is 12.4. The van der Waals surface area contributed by atoms with Gasteiger partial charge in [0.25, 0.3) is 0 Å². The van der Waals surface area contributed by atoms with Crippen LogP contribution in [0.1, 0.15) is 44.5 Å². The second-order valence-corrected chi connectivity index (χ2v) is 14.2. The van der Waals surface area contributed by atoms with Gasteiger partial charge in [-0.3, -0.25) is 24.1 Å². The van der Waals surface area contributed by atoms with Crippen molar-refractivity contribution in [1.29, 1.82) is 0 Å². The van der Waals surface area contributed by atoms with Crippen LogP contribution in [-0.4, -0.2) is 95.6 Å². The van der Waals surface area contributed by atoms with Gasteiger partial charge in [-0.05, 0) is 32.5 Å². The van der Waals surface area contributed by atoms with Gasteiger partial charge in [0.15, 0.2) is 18.3 Å². The molecule has 7 bridgehead atoms. The first-order chi connectivity index (χ1) is 21.7. The molecule has 1 aromatic carbocycles. The van der Waals surface area contributed by atoms with Crippen LogP contribution in [0.25, 0.3) is 0 Å². The number of benzene rings is 1. The highest BCUT2D eigenvalue weighted by atomic mass is 16.6. The number of carbonyl (C=O) groups excluding carboxylic acids is 6. The van der Waals surface area contributed by atoms with Gasteiger partial charge < -0.3 is 28.8 Å². The molecule has 12 nitrogen and oxygen atoms in total. The van der Waals surface area contributed by atoms with Crippen molar-refractivity contribution in [3.05, 3.63) is 48.0 Å². The van der Waals surface area contributed by atoms with Gasteiger partial charge in [-0.1, -0.05) is 30.4 Å². The van der Waals surface area contributed by atoms with Gasteiger partial charge in [0.1, 0.15) is 18.2 Å². The molecule has 0 radical (unpaired) electrons. The average molecular weight is 636 g/mol. The van der Waals surface area contributed by atoms with Crippen molar-refractivity contribution in [2.24, 2.45) is 39.9 Å². The number of nitrogens with zero attached hydrogens (tertiary/aromatic N) is 1. The Morgan fingerprint density at radius 3 is 2.13 bits per heavy atom. The molecule has 0 unspecified atom stereocenters. The number of carbonyl (C=O) groups is 6. The van der Waals surface area contributed by atoms with E-state index in [1.54, 1.807) is 32.2 Å². The molecule has 1 aromatic rings. The van der Waals surface area contributed by atoms with Crippen LogP contribution in [0, 0.1) is 39.9 Å². The van der Waals surface area contributed by atoms with Crippen LogP contribution in [0.15, 0.2) is 42.5 Å². The maximum Gasteiger partial charge on any atom is 0.338 e. The molecule has 2 saturated heterocycles. The standard InChI is InChI=1S/C34H37NO11/c1-14-12-33-20-22(40)19(14)23(43-15(2)37)26(33)34-25(21(28(33)41)35(6)27(20)34)32(5,13-36)29(44-16(3)38)24(30(34)45-17(4)39)46-31(42)18-10-8-7-9-11-18/h7-11,13,19-21,23-30,41H,1,12H2,2-6H3/t19-,20+,21+,23+,24-,25+,26+,27+,28-,29+,30+,32-,33-,34+/m0/s1. The zero-order valence-corrected chi connectivity index (χ0v) is 26.2. The smallest absolute Gasteiger partial charge is 0.338 e. The van der Waals surface area contributed by atoms with Crippen LogP contribution in [-0.2, 0) is 42.9 Å². The third-order valence-corrected chi connectivity index (χ3v) is 12.2. The average Bonchev–Trinajstić information content (AvgIpc) is 3.32. The first-order valence-corrected chi connectivity index (χ1v) is 15.5. The molecule has 8 fully saturated rings. The number of piperidine rings is 1. The van der Waals surface area contributed by atoms with Crippen LogP contribution in [0.3, 0.4) is 0 Å². The molecule has 2 heterocycles. The molecule has 0 amide bonds. The second-order valence-electron chi connectivity index (χ2n) is 14.2. The number of aliphatic hydroxyl groups is 1. The quantitative estimate of drug-likeness (QED) is 0.207. The van der Waals surface area contributed by atoms with Gasteiger partial charge in [0.05, 0.1) is 23.0 Å². The fourth-order valence-corrected chi connectivity index (χ4v) is 11.5. The van der Waals surface area contributed by atoms with Gasteiger partial charge in [-0.2, -0.15) is 0 Å². The maximum absolute atomic E-state index is 14.5. The lowest BCUT2D eigenvalue weighted by molar-refractivity contribution is -0.288. The van der Waals surface area contributed by atoms with Crippen LogP contribution >= 0.6 is 0 Å². The van der Waals surface area contributed by atoms with E-state index in [9.17, 15) is 33.9 Å². The Bertz CT molecular complexity index is 1590. The normalized spacial score (nSPS) is 46.0. The van der Waals surface area contributed by atoms with Crippen molar-refractivity contribution < 1.29 is 52.8 Å². The summed E-state index contributed by atoms with van der Waals surface area (Å²) in [6.45, 7) is 9.35. The topological polar surface area (TPSA) is 163 Å². The summed E-state index contributed by atoms with van der Waals surface area (Å²) in [6, 6.07) is 6.60. The number of hydrogen-bond donors (Lipinski definition) is 1. The van der Waals surface area contributed by atoms with Crippen LogP contribution in [0.4, 0.5) is 0 Å². The Kier molecular flexibility index (Phi) is 6.55. The SMILES string of the molecule is C=C1C[C@]23[C@@H]4C(=O)[C@H]1[C@@H](OC(C)=O)[C@H]2[C@]12[C@H](OC(C)=O)[C@@H](OC(=O)c5ccccc5)[C@@H](OC(C)=O)[C@@](C)(C=O)[C@H]1[C@H]([C@@H]3O)N(C)[C@H]42. The number of fused-ring (bicyclic) bond motifs is 1. The monoisotopic (exact) mass is 635 g/mol. The first kappa shape index (κ1) is 30.7. The molecule has 14 atom stereocenters. The highest BCUT2D eigenvalue weighted by Gasteiger charge is 2.94. The first-order valence-electron chi connectivity index (χ1n) is 15.5. The Morgan fingerprint density at radius 2 is 1.54 bits per heavy atom. The van der Waals surface area contributed by atoms with Gasteiger partial charge in [-0.15, -0.1) is 0 Å². The minimum atomic E-state index is -1.63. The van der Waals surface area contributed by atoms with E-state index in [1.165, 1.54) is 26.0 Å². The minimum Gasteiger partial charge on any atom is -0.461 e. The lowest BCUT2D eigenvalue weighted by Crippen LogP contribution is -2.79. The number of aliphatic hydroxyl groups excluding tert-OH is 1. The summed E-state index contributed by atoms with van der Waals surface area (Å²) in [7, 11) is 1.75. The molecular formula is C34H37NO11.